The Hall–Kier alpha value is -2.97. The number of hydrogen-bond acceptors (Lipinski definition) is 4. The van der Waals surface area contributed by atoms with E-state index in [1.54, 1.807) is 18.2 Å². The Morgan fingerprint density at radius 3 is 2.14 bits per heavy atom. The van der Waals surface area contributed by atoms with Crippen LogP contribution in [0, 0.1) is 6.92 Å². The van der Waals surface area contributed by atoms with Crippen molar-refractivity contribution in [3.8, 4) is 0 Å². The number of sulfonamides is 1. The summed E-state index contributed by atoms with van der Waals surface area (Å²) in [6, 6.07) is 28.0. The molecule has 9 heteroatoms. The largest absolute Gasteiger partial charge is 0.323 e. The summed E-state index contributed by atoms with van der Waals surface area (Å²) in [6.45, 7) is 1.39. The maximum Gasteiger partial charge on any atom is 0.264 e. The van der Waals surface area contributed by atoms with Crippen LogP contribution in [0.3, 0.4) is 0 Å². The summed E-state index contributed by atoms with van der Waals surface area (Å²) in [5, 5.41) is 3.37. The van der Waals surface area contributed by atoms with Crippen molar-refractivity contribution in [3.63, 3.8) is 0 Å². The van der Waals surface area contributed by atoms with E-state index in [4.69, 9.17) is 23.2 Å². The van der Waals surface area contributed by atoms with Crippen LogP contribution in [0.25, 0.3) is 0 Å². The quantitative estimate of drug-likeness (QED) is 0.247. The van der Waals surface area contributed by atoms with Crippen LogP contribution in [0.15, 0.2) is 112 Å². The van der Waals surface area contributed by atoms with Gasteiger partial charge in [0.2, 0.25) is 5.91 Å². The van der Waals surface area contributed by atoms with Crippen molar-refractivity contribution in [2.24, 2.45) is 0 Å². The second-order valence-corrected chi connectivity index (χ2v) is 11.8. The molecular formula is C27H22Cl2N2O3S2. The molecule has 4 aromatic carbocycles. The van der Waals surface area contributed by atoms with Crippen molar-refractivity contribution in [2.45, 2.75) is 21.6 Å². The SMILES string of the molecule is Cc1ccc(S(=O)(=O)N(CC(=O)Nc2ccccc2Sc2ccccc2)c2cc(Cl)cc(Cl)c2)cc1. The average molecular weight is 558 g/mol. The molecule has 0 spiro atoms. The summed E-state index contributed by atoms with van der Waals surface area (Å²) in [7, 11) is -4.10. The van der Waals surface area contributed by atoms with Gasteiger partial charge in [0.05, 0.1) is 16.3 Å². The topological polar surface area (TPSA) is 66.5 Å². The lowest BCUT2D eigenvalue weighted by atomic mass is 10.2. The van der Waals surface area contributed by atoms with Gasteiger partial charge in [-0.2, -0.15) is 0 Å². The molecule has 36 heavy (non-hydrogen) atoms. The van der Waals surface area contributed by atoms with Crippen molar-refractivity contribution in [1.82, 2.24) is 0 Å². The zero-order valence-electron chi connectivity index (χ0n) is 19.2. The summed E-state index contributed by atoms with van der Waals surface area (Å²) in [4.78, 5) is 15.1. The van der Waals surface area contributed by atoms with E-state index in [9.17, 15) is 13.2 Å². The maximum absolute atomic E-state index is 13.6. The van der Waals surface area contributed by atoms with E-state index in [0.29, 0.717) is 5.69 Å². The molecule has 0 aliphatic carbocycles. The molecule has 0 saturated heterocycles. The number of hydrogen-bond donors (Lipinski definition) is 1. The number of nitrogens with one attached hydrogen (secondary N) is 1. The van der Waals surface area contributed by atoms with Crippen LogP contribution in [0.5, 0.6) is 0 Å². The van der Waals surface area contributed by atoms with Gasteiger partial charge in [0, 0.05) is 19.8 Å². The molecule has 0 aliphatic rings. The van der Waals surface area contributed by atoms with Gasteiger partial charge in [-0.3, -0.25) is 9.10 Å². The fraction of sp³-hybridized carbons (Fsp3) is 0.0741. The standard InChI is InChI=1S/C27H22Cl2N2O3S2/c1-19-11-13-24(14-12-19)36(33,34)31(22-16-20(28)15-21(29)17-22)18-27(32)30-25-9-5-6-10-26(25)35-23-7-3-2-4-8-23/h2-17H,18H2,1H3,(H,30,32). The highest BCUT2D eigenvalue weighted by molar-refractivity contribution is 7.99. The fourth-order valence-electron chi connectivity index (χ4n) is 3.43. The lowest BCUT2D eigenvalue weighted by Gasteiger charge is -2.25. The Kier molecular flexibility index (Phi) is 8.26. The number of nitrogens with zero attached hydrogens (tertiary/aromatic N) is 1. The molecule has 1 amide bonds. The van der Waals surface area contributed by atoms with Crippen LogP contribution in [-0.2, 0) is 14.8 Å². The third-order valence-electron chi connectivity index (χ3n) is 5.16. The van der Waals surface area contributed by atoms with Crippen LogP contribution in [0.4, 0.5) is 11.4 Å². The zero-order valence-corrected chi connectivity index (χ0v) is 22.3. The predicted molar refractivity (Wildman–Crippen MR) is 148 cm³/mol. The van der Waals surface area contributed by atoms with Gasteiger partial charge >= 0.3 is 0 Å². The number of aryl methyl sites for hydroxylation is 1. The van der Waals surface area contributed by atoms with Crippen LogP contribution in [0.2, 0.25) is 10.0 Å². The van der Waals surface area contributed by atoms with Gasteiger partial charge in [0.15, 0.2) is 0 Å². The molecule has 4 aromatic rings. The van der Waals surface area contributed by atoms with E-state index in [2.05, 4.69) is 5.32 Å². The molecular weight excluding hydrogens is 535 g/mol. The Morgan fingerprint density at radius 1 is 0.861 bits per heavy atom. The van der Waals surface area contributed by atoms with Crippen molar-refractivity contribution >= 4 is 62.3 Å². The van der Waals surface area contributed by atoms with E-state index >= 15 is 0 Å². The zero-order chi connectivity index (χ0) is 25.7. The number of amides is 1. The molecule has 1 N–H and O–H groups in total. The van der Waals surface area contributed by atoms with E-state index in [-0.39, 0.29) is 20.6 Å². The second kappa shape index (κ2) is 11.4. The van der Waals surface area contributed by atoms with E-state index in [1.165, 1.54) is 42.1 Å². The smallest absolute Gasteiger partial charge is 0.264 e. The summed E-state index contributed by atoms with van der Waals surface area (Å²) in [5.41, 5.74) is 1.68. The number of carbonyl (C=O) groups excluding carboxylic acids is 1. The molecule has 0 heterocycles. The third-order valence-corrected chi connectivity index (χ3v) is 8.47. The van der Waals surface area contributed by atoms with Crippen LogP contribution >= 0.6 is 35.0 Å². The van der Waals surface area contributed by atoms with Gasteiger partial charge in [-0.25, -0.2) is 8.42 Å². The highest BCUT2D eigenvalue weighted by Gasteiger charge is 2.28. The first-order chi connectivity index (χ1) is 17.2. The molecule has 0 saturated carbocycles. The van der Waals surface area contributed by atoms with Crippen LogP contribution in [-0.4, -0.2) is 20.9 Å². The average Bonchev–Trinajstić information content (AvgIpc) is 2.84. The number of rotatable bonds is 8. The summed E-state index contributed by atoms with van der Waals surface area (Å²) in [5.74, 6) is -0.511. The van der Waals surface area contributed by atoms with Gasteiger partial charge in [0.1, 0.15) is 6.54 Å². The summed E-state index contributed by atoms with van der Waals surface area (Å²) in [6.07, 6.45) is 0. The highest BCUT2D eigenvalue weighted by atomic mass is 35.5. The predicted octanol–water partition coefficient (Wildman–Crippen LogP) is 7.29. The van der Waals surface area contributed by atoms with Crippen molar-refractivity contribution < 1.29 is 13.2 Å². The van der Waals surface area contributed by atoms with E-state index < -0.39 is 22.5 Å². The lowest BCUT2D eigenvalue weighted by molar-refractivity contribution is -0.114. The molecule has 0 unspecified atom stereocenters. The molecule has 184 valence electrons. The molecule has 0 aromatic heterocycles. The molecule has 4 rings (SSSR count). The lowest BCUT2D eigenvalue weighted by Crippen LogP contribution is -2.38. The number of benzene rings is 4. The second-order valence-electron chi connectivity index (χ2n) is 7.91. The third kappa shape index (κ3) is 6.42. The minimum atomic E-state index is -4.10. The van der Waals surface area contributed by atoms with Gasteiger partial charge < -0.3 is 5.32 Å². The van der Waals surface area contributed by atoms with Crippen molar-refractivity contribution in [2.75, 3.05) is 16.2 Å². The molecule has 0 fully saturated rings. The van der Waals surface area contributed by atoms with E-state index in [0.717, 1.165) is 19.7 Å². The first-order valence-corrected chi connectivity index (χ1v) is 13.9. The van der Waals surface area contributed by atoms with Gasteiger partial charge in [-0.1, -0.05) is 83.0 Å². The van der Waals surface area contributed by atoms with Crippen molar-refractivity contribution in [1.29, 1.82) is 0 Å². The maximum atomic E-state index is 13.6. The number of halogens is 2. The van der Waals surface area contributed by atoms with Crippen LogP contribution < -0.4 is 9.62 Å². The Balaban J connectivity index is 1.65. The first-order valence-electron chi connectivity index (χ1n) is 10.9. The minimum Gasteiger partial charge on any atom is -0.323 e. The number of carbonyl (C=O) groups is 1. The molecule has 5 nitrogen and oxygen atoms in total. The van der Waals surface area contributed by atoms with Gasteiger partial charge in [-0.05, 0) is 61.5 Å². The number of para-hydroxylation sites is 1. The highest BCUT2D eigenvalue weighted by Crippen LogP contribution is 2.34. The summed E-state index contributed by atoms with van der Waals surface area (Å²) < 4.78 is 28.2. The molecule has 0 aliphatic heterocycles. The minimum absolute atomic E-state index is 0.0528. The Bertz CT molecular complexity index is 1460. The van der Waals surface area contributed by atoms with Crippen LogP contribution in [0.1, 0.15) is 5.56 Å². The molecule has 0 atom stereocenters. The van der Waals surface area contributed by atoms with Crippen molar-refractivity contribution in [3.05, 3.63) is 113 Å². The Labute approximate surface area is 225 Å². The number of anilines is 2. The first kappa shape index (κ1) is 26.1. The van der Waals surface area contributed by atoms with Gasteiger partial charge in [0.25, 0.3) is 10.0 Å². The normalized spacial score (nSPS) is 11.2. The monoisotopic (exact) mass is 556 g/mol. The Morgan fingerprint density at radius 2 is 1.47 bits per heavy atom. The molecule has 0 radical (unpaired) electrons. The van der Waals surface area contributed by atoms with Gasteiger partial charge in [-0.15, -0.1) is 0 Å². The van der Waals surface area contributed by atoms with E-state index in [1.807, 2.05) is 55.5 Å². The summed E-state index contributed by atoms with van der Waals surface area (Å²) >= 11 is 13.8. The molecule has 0 bridgehead atoms. The fourth-order valence-corrected chi connectivity index (χ4v) is 6.27.